The van der Waals surface area contributed by atoms with E-state index in [2.05, 4.69) is 15.3 Å². The summed E-state index contributed by atoms with van der Waals surface area (Å²) in [5, 5.41) is 16.5. The molecule has 0 aliphatic carbocycles. The Morgan fingerprint density at radius 2 is 2.28 bits per heavy atom. The van der Waals surface area contributed by atoms with Gasteiger partial charge in [-0.25, -0.2) is 9.97 Å². The van der Waals surface area contributed by atoms with Crippen LogP contribution in [-0.4, -0.2) is 14.9 Å². The van der Waals surface area contributed by atoms with Crippen molar-refractivity contribution in [2.24, 2.45) is 0 Å². The van der Waals surface area contributed by atoms with E-state index in [0.717, 1.165) is 10.7 Å². The van der Waals surface area contributed by atoms with Crippen molar-refractivity contribution in [3.05, 3.63) is 43.5 Å². The van der Waals surface area contributed by atoms with Crippen molar-refractivity contribution >= 4 is 34.4 Å². The van der Waals surface area contributed by atoms with Crippen LogP contribution in [-0.2, 0) is 6.54 Å². The maximum Gasteiger partial charge on any atom is 0.276 e. The molecule has 0 amide bonds. The fraction of sp³-hybridized carbons (Fsp3) is 0.200. The molecular formula is C10H9ClN4O2S. The SMILES string of the molecule is Cc1csc(CNc2cc([N+](=O)[O-])cc(Cl)n2)n1. The lowest BCUT2D eigenvalue weighted by molar-refractivity contribution is -0.384. The van der Waals surface area contributed by atoms with Crippen LogP contribution in [0.3, 0.4) is 0 Å². The molecule has 0 fully saturated rings. The molecule has 0 saturated carbocycles. The third-order valence-corrected chi connectivity index (χ3v) is 3.24. The van der Waals surface area contributed by atoms with Crippen LogP contribution in [0.15, 0.2) is 17.5 Å². The summed E-state index contributed by atoms with van der Waals surface area (Å²) < 4.78 is 0. The van der Waals surface area contributed by atoms with Crippen LogP contribution in [0.25, 0.3) is 0 Å². The first-order chi connectivity index (χ1) is 8.54. The van der Waals surface area contributed by atoms with Gasteiger partial charge >= 0.3 is 0 Å². The molecule has 0 bridgehead atoms. The van der Waals surface area contributed by atoms with Crippen molar-refractivity contribution in [1.29, 1.82) is 0 Å². The lowest BCUT2D eigenvalue weighted by Crippen LogP contribution is -2.02. The molecular weight excluding hydrogens is 276 g/mol. The van der Waals surface area contributed by atoms with Crippen LogP contribution >= 0.6 is 22.9 Å². The lowest BCUT2D eigenvalue weighted by atomic mass is 10.4. The van der Waals surface area contributed by atoms with E-state index in [1.807, 2.05) is 12.3 Å². The predicted molar refractivity (Wildman–Crippen MR) is 70.1 cm³/mol. The van der Waals surface area contributed by atoms with Gasteiger partial charge in [0, 0.05) is 11.1 Å². The summed E-state index contributed by atoms with van der Waals surface area (Å²) in [6.45, 7) is 2.37. The summed E-state index contributed by atoms with van der Waals surface area (Å²) in [7, 11) is 0. The van der Waals surface area contributed by atoms with Crippen LogP contribution in [0.4, 0.5) is 11.5 Å². The monoisotopic (exact) mass is 284 g/mol. The zero-order valence-electron chi connectivity index (χ0n) is 9.38. The second-order valence-electron chi connectivity index (χ2n) is 3.53. The highest BCUT2D eigenvalue weighted by atomic mass is 35.5. The quantitative estimate of drug-likeness (QED) is 0.530. The molecule has 0 aliphatic rings. The van der Waals surface area contributed by atoms with E-state index in [9.17, 15) is 10.1 Å². The van der Waals surface area contributed by atoms with Gasteiger partial charge in [-0.15, -0.1) is 11.3 Å². The molecule has 2 rings (SSSR count). The van der Waals surface area contributed by atoms with Crippen molar-refractivity contribution in [1.82, 2.24) is 9.97 Å². The Labute approximate surface area is 112 Å². The highest BCUT2D eigenvalue weighted by Crippen LogP contribution is 2.21. The minimum Gasteiger partial charge on any atom is -0.363 e. The predicted octanol–water partition coefficient (Wildman–Crippen LogP) is 3.02. The van der Waals surface area contributed by atoms with Crippen molar-refractivity contribution in [3.8, 4) is 0 Å². The van der Waals surface area contributed by atoms with Gasteiger partial charge in [-0.3, -0.25) is 10.1 Å². The lowest BCUT2D eigenvalue weighted by Gasteiger charge is -2.03. The zero-order valence-corrected chi connectivity index (χ0v) is 11.0. The number of rotatable bonds is 4. The number of nitrogens with one attached hydrogen (secondary N) is 1. The number of hydrogen-bond donors (Lipinski definition) is 1. The van der Waals surface area contributed by atoms with Crippen LogP contribution in [0.1, 0.15) is 10.7 Å². The molecule has 0 unspecified atom stereocenters. The smallest absolute Gasteiger partial charge is 0.276 e. The highest BCUT2D eigenvalue weighted by molar-refractivity contribution is 7.09. The average Bonchev–Trinajstić information content (AvgIpc) is 2.72. The van der Waals surface area contributed by atoms with Crippen molar-refractivity contribution in [2.75, 3.05) is 5.32 Å². The number of thiazole rings is 1. The van der Waals surface area contributed by atoms with Crippen LogP contribution < -0.4 is 5.32 Å². The topological polar surface area (TPSA) is 81.0 Å². The molecule has 2 aromatic rings. The Balaban J connectivity index is 2.11. The fourth-order valence-electron chi connectivity index (χ4n) is 1.33. The van der Waals surface area contributed by atoms with E-state index < -0.39 is 4.92 Å². The molecule has 2 aromatic heterocycles. The largest absolute Gasteiger partial charge is 0.363 e. The average molecular weight is 285 g/mol. The number of nitro groups is 1. The summed E-state index contributed by atoms with van der Waals surface area (Å²) in [5.41, 5.74) is 0.856. The van der Waals surface area contributed by atoms with Gasteiger partial charge in [-0.05, 0) is 6.92 Å². The fourth-order valence-corrected chi connectivity index (χ4v) is 2.24. The molecule has 8 heteroatoms. The number of anilines is 1. The highest BCUT2D eigenvalue weighted by Gasteiger charge is 2.10. The van der Waals surface area contributed by atoms with E-state index in [1.54, 1.807) is 0 Å². The van der Waals surface area contributed by atoms with Gasteiger partial charge in [0.2, 0.25) is 0 Å². The minimum absolute atomic E-state index is 0.0852. The summed E-state index contributed by atoms with van der Waals surface area (Å²) in [4.78, 5) is 18.4. The third kappa shape index (κ3) is 3.14. The maximum atomic E-state index is 10.7. The third-order valence-electron chi connectivity index (χ3n) is 2.08. The number of aromatic nitrogens is 2. The molecule has 0 atom stereocenters. The standard InChI is InChI=1S/C10H9ClN4O2S/c1-6-5-18-10(13-6)4-12-9-3-7(15(16)17)2-8(11)14-9/h2-3,5H,4H2,1H3,(H,12,14). The molecule has 6 nitrogen and oxygen atoms in total. The zero-order chi connectivity index (χ0) is 13.1. The van der Waals surface area contributed by atoms with E-state index in [1.165, 1.54) is 23.5 Å². The number of halogens is 1. The summed E-state index contributed by atoms with van der Waals surface area (Å²) in [6.07, 6.45) is 0. The molecule has 0 aromatic carbocycles. The maximum absolute atomic E-state index is 10.7. The van der Waals surface area contributed by atoms with Gasteiger partial charge in [0.05, 0.1) is 23.6 Å². The Kier molecular flexibility index (Phi) is 3.73. The Morgan fingerprint density at radius 1 is 1.50 bits per heavy atom. The second kappa shape index (κ2) is 5.28. The van der Waals surface area contributed by atoms with Gasteiger partial charge in [0.25, 0.3) is 5.69 Å². The minimum atomic E-state index is -0.508. The Hall–Kier alpha value is -1.73. The first-order valence-electron chi connectivity index (χ1n) is 5.01. The second-order valence-corrected chi connectivity index (χ2v) is 4.86. The number of aryl methyl sites for hydroxylation is 1. The molecule has 0 aliphatic heterocycles. The number of nitrogens with zero attached hydrogens (tertiary/aromatic N) is 3. The Bertz CT molecular complexity index is 587. The summed E-state index contributed by atoms with van der Waals surface area (Å²) in [5.74, 6) is 0.363. The van der Waals surface area contributed by atoms with Crippen molar-refractivity contribution in [2.45, 2.75) is 13.5 Å². The molecule has 94 valence electrons. The molecule has 0 radical (unpaired) electrons. The summed E-state index contributed by atoms with van der Waals surface area (Å²) >= 11 is 7.23. The normalized spacial score (nSPS) is 10.3. The summed E-state index contributed by atoms with van der Waals surface area (Å²) in [6, 6.07) is 2.55. The van der Waals surface area contributed by atoms with Gasteiger partial charge in [0.1, 0.15) is 16.0 Å². The van der Waals surface area contributed by atoms with Gasteiger partial charge in [-0.1, -0.05) is 11.6 Å². The molecule has 1 N–H and O–H groups in total. The van der Waals surface area contributed by atoms with Crippen molar-refractivity contribution < 1.29 is 4.92 Å². The van der Waals surface area contributed by atoms with Crippen LogP contribution in [0.5, 0.6) is 0 Å². The van der Waals surface area contributed by atoms with E-state index in [-0.39, 0.29) is 10.8 Å². The Morgan fingerprint density at radius 3 is 2.89 bits per heavy atom. The van der Waals surface area contributed by atoms with Gasteiger partial charge in [0.15, 0.2) is 0 Å². The number of pyridine rings is 1. The van der Waals surface area contributed by atoms with E-state index in [4.69, 9.17) is 11.6 Å². The molecule has 2 heterocycles. The van der Waals surface area contributed by atoms with Gasteiger partial charge < -0.3 is 5.32 Å². The first-order valence-corrected chi connectivity index (χ1v) is 6.27. The van der Waals surface area contributed by atoms with E-state index in [0.29, 0.717) is 12.4 Å². The number of hydrogen-bond acceptors (Lipinski definition) is 6. The molecule has 18 heavy (non-hydrogen) atoms. The molecule has 0 spiro atoms. The van der Waals surface area contributed by atoms with E-state index >= 15 is 0 Å². The van der Waals surface area contributed by atoms with Gasteiger partial charge in [-0.2, -0.15) is 0 Å². The molecule has 0 saturated heterocycles. The van der Waals surface area contributed by atoms with Crippen LogP contribution in [0.2, 0.25) is 5.15 Å². The van der Waals surface area contributed by atoms with Crippen LogP contribution in [0, 0.1) is 17.0 Å². The van der Waals surface area contributed by atoms with Crippen molar-refractivity contribution in [3.63, 3.8) is 0 Å². The first kappa shape index (κ1) is 12.7.